The van der Waals surface area contributed by atoms with Crippen LogP contribution >= 0.6 is 11.6 Å². The van der Waals surface area contributed by atoms with Crippen LogP contribution in [0.3, 0.4) is 0 Å². The van der Waals surface area contributed by atoms with Crippen LogP contribution in [0.15, 0.2) is 24.3 Å². The molecular formula is C11H10ClF3O3. The van der Waals surface area contributed by atoms with Gasteiger partial charge in [-0.05, 0) is 24.6 Å². The molecule has 2 atom stereocenters. The fraction of sp³-hybridized carbons (Fsp3) is 0.364. The molecule has 7 heteroatoms. The van der Waals surface area contributed by atoms with Gasteiger partial charge in [-0.25, -0.2) is 0 Å². The van der Waals surface area contributed by atoms with Gasteiger partial charge in [0.2, 0.25) is 0 Å². The molecule has 0 bridgehead atoms. The highest BCUT2D eigenvalue weighted by Crippen LogP contribution is 2.44. The highest BCUT2D eigenvalue weighted by Gasteiger charge is 2.60. The van der Waals surface area contributed by atoms with E-state index in [1.165, 1.54) is 0 Å². The molecule has 1 aromatic rings. The second-order valence-electron chi connectivity index (χ2n) is 3.83. The Bertz CT molecular complexity index is 444. The molecular weight excluding hydrogens is 273 g/mol. The van der Waals surface area contributed by atoms with Crippen molar-refractivity contribution in [2.45, 2.75) is 18.7 Å². The van der Waals surface area contributed by atoms with Crippen molar-refractivity contribution in [1.82, 2.24) is 0 Å². The summed E-state index contributed by atoms with van der Waals surface area (Å²) in [7, 11) is 0. The molecule has 0 fully saturated rings. The number of hydrogen-bond acceptors (Lipinski definition) is 2. The van der Waals surface area contributed by atoms with Gasteiger partial charge in [0.1, 0.15) is 0 Å². The Kier molecular flexibility index (Phi) is 3.92. The minimum atomic E-state index is -5.11. The third kappa shape index (κ3) is 2.44. The Morgan fingerprint density at radius 3 is 2.06 bits per heavy atom. The fourth-order valence-corrected chi connectivity index (χ4v) is 1.67. The summed E-state index contributed by atoms with van der Waals surface area (Å²) in [4.78, 5) is 10.7. The van der Waals surface area contributed by atoms with Crippen LogP contribution in [0.2, 0.25) is 5.02 Å². The van der Waals surface area contributed by atoms with Crippen molar-refractivity contribution < 1.29 is 28.2 Å². The molecule has 0 aliphatic rings. The van der Waals surface area contributed by atoms with Crippen molar-refractivity contribution in [3.63, 3.8) is 0 Å². The third-order valence-electron chi connectivity index (χ3n) is 2.71. The molecule has 0 heterocycles. The SMILES string of the molecule is CC(C(=O)O)C(O)(c1ccc(Cl)cc1)C(F)(F)F. The standard InChI is InChI=1S/C11H10ClF3O3/c1-6(9(16)17)10(18,11(13,14)15)7-2-4-8(12)5-3-7/h2-6,18H,1H3,(H,16,17). The number of carbonyl (C=O) groups is 1. The predicted molar refractivity (Wildman–Crippen MR) is 58.2 cm³/mol. The lowest BCUT2D eigenvalue weighted by Gasteiger charge is -2.34. The average Bonchev–Trinajstić information content (AvgIpc) is 2.26. The third-order valence-corrected chi connectivity index (χ3v) is 2.97. The molecule has 3 nitrogen and oxygen atoms in total. The molecule has 0 aliphatic carbocycles. The van der Waals surface area contributed by atoms with Crippen LogP contribution in [0.4, 0.5) is 13.2 Å². The van der Waals surface area contributed by atoms with Gasteiger partial charge in [0.05, 0.1) is 5.92 Å². The lowest BCUT2D eigenvalue weighted by Crippen LogP contribution is -2.50. The Morgan fingerprint density at radius 2 is 1.72 bits per heavy atom. The summed E-state index contributed by atoms with van der Waals surface area (Å²) in [5.41, 5.74) is -4.02. The number of aliphatic carboxylic acids is 1. The molecule has 0 saturated carbocycles. The molecule has 0 amide bonds. The minimum absolute atomic E-state index is 0.186. The van der Waals surface area contributed by atoms with Gasteiger partial charge in [0.15, 0.2) is 5.60 Å². The molecule has 2 N–H and O–H groups in total. The quantitative estimate of drug-likeness (QED) is 0.896. The van der Waals surface area contributed by atoms with E-state index < -0.39 is 29.2 Å². The molecule has 0 radical (unpaired) electrons. The molecule has 1 aromatic carbocycles. The van der Waals surface area contributed by atoms with Gasteiger partial charge in [-0.3, -0.25) is 4.79 Å². The fourth-order valence-electron chi connectivity index (χ4n) is 1.54. The number of hydrogen-bond donors (Lipinski definition) is 2. The number of halogens is 4. The van der Waals surface area contributed by atoms with Gasteiger partial charge in [0, 0.05) is 5.02 Å². The van der Waals surface area contributed by atoms with Gasteiger partial charge in [-0.2, -0.15) is 13.2 Å². The summed E-state index contributed by atoms with van der Waals surface area (Å²) in [6.07, 6.45) is -5.11. The summed E-state index contributed by atoms with van der Waals surface area (Å²) >= 11 is 5.54. The van der Waals surface area contributed by atoms with Gasteiger partial charge >= 0.3 is 12.1 Å². The van der Waals surface area contributed by atoms with E-state index in [9.17, 15) is 23.1 Å². The lowest BCUT2D eigenvalue weighted by molar-refractivity contribution is -0.284. The normalized spacial score (nSPS) is 17.0. The van der Waals surface area contributed by atoms with Crippen molar-refractivity contribution in [1.29, 1.82) is 0 Å². The summed E-state index contributed by atoms with van der Waals surface area (Å²) in [5, 5.41) is 18.7. The van der Waals surface area contributed by atoms with E-state index in [1.807, 2.05) is 0 Å². The van der Waals surface area contributed by atoms with E-state index in [4.69, 9.17) is 16.7 Å². The number of benzene rings is 1. The largest absolute Gasteiger partial charge is 0.481 e. The maximum atomic E-state index is 13.0. The highest BCUT2D eigenvalue weighted by atomic mass is 35.5. The Balaban J connectivity index is 3.38. The molecule has 18 heavy (non-hydrogen) atoms. The van der Waals surface area contributed by atoms with Crippen LogP contribution in [0.1, 0.15) is 12.5 Å². The summed E-state index contributed by atoms with van der Waals surface area (Å²) < 4.78 is 38.9. The predicted octanol–water partition coefficient (Wildman–Crippen LogP) is 2.81. The first-order valence-electron chi connectivity index (χ1n) is 4.88. The molecule has 1 rings (SSSR count). The molecule has 100 valence electrons. The van der Waals surface area contributed by atoms with Crippen LogP contribution in [0.5, 0.6) is 0 Å². The number of carboxylic acid groups (broad SMARTS) is 1. The van der Waals surface area contributed by atoms with Crippen molar-refractivity contribution in [2.24, 2.45) is 5.92 Å². The monoisotopic (exact) mass is 282 g/mol. The van der Waals surface area contributed by atoms with Crippen molar-refractivity contribution in [2.75, 3.05) is 0 Å². The smallest absolute Gasteiger partial charge is 0.422 e. The Labute approximate surface area is 106 Å². The number of carboxylic acids is 1. The molecule has 0 aliphatic heterocycles. The van der Waals surface area contributed by atoms with Crippen molar-refractivity contribution in [3.8, 4) is 0 Å². The summed E-state index contributed by atoms with van der Waals surface area (Å²) in [6.45, 7) is 0.796. The van der Waals surface area contributed by atoms with Crippen LogP contribution < -0.4 is 0 Å². The molecule has 2 unspecified atom stereocenters. The number of aliphatic hydroxyl groups is 1. The minimum Gasteiger partial charge on any atom is -0.481 e. The van der Waals surface area contributed by atoms with E-state index in [0.29, 0.717) is 0 Å². The van der Waals surface area contributed by atoms with E-state index in [2.05, 4.69) is 0 Å². The summed E-state index contributed by atoms with van der Waals surface area (Å²) in [5.74, 6) is -3.79. The second-order valence-corrected chi connectivity index (χ2v) is 4.27. The van der Waals surface area contributed by atoms with E-state index in [1.54, 1.807) is 0 Å². The van der Waals surface area contributed by atoms with E-state index >= 15 is 0 Å². The van der Waals surface area contributed by atoms with Crippen LogP contribution in [-0.2, 0) is 10.4 Å². The topological polar surface area (TPSA) is 57.5 Å². The van der Waals surface area contributed by atoms with Gasteiger partial charge in [-0.1, -0.05) is 23.7 Å². The molecule has 0 spiro atoms. The second kappa shape index (κ2) is 4.78. The van der Waals surface area contributed by atoms with Crippen LogP contribution in [0.25, 0.3) is 0 Å². The molecule has 0 aromatic heterocycles. The maximum Gasteiger partial charge on any atom is 0.422 e. The highest BCUT2D eigenvalue weighted by molar-refractivity contribution is 6.30. The first-order valence-corrected chi connectivity index (χ1v) is 5.26. The zero-order valence-electron chi connectivity index (χ0n) is 9.20. The first-order chi connectivity index (χ1) is 8.10. The Hall–Kier alpha value is -1.27. The zero-order valence-corrected chi connectivity index (χ0v) is 9.96. The first kappa shape index (κ1) is 14.8. The average molecular weight is 283 g/mol. The zero-order chi connectivity index (χ0) is 14.1. The lowest BCUT2D eigenvalue weighted by atomic mass is 9.81. The van der Waals surface area contributed by atoms with E-state index in [-0.39, 0.29) is 5.02 Å². The summed E-state index contributed by atoms with van der Waals surface area (Å²) in [6, 6.07) is 4.22. The maximum absolute atomic E-state index is 13.0. The van der Waals surface area contributed by atoms with Gasteiger partial charge in [0.25, 0.3) is 0 Å². The van der Waals surface area contributed by atoms with Gasteiger partial charge in [-0.15, -0.1) is 0 Å². The van der Waals surface area contributed by atoms with Crippen LogP contribution in [-0.4, -0.2) is 22.4 Å². The van der Waals surface area contributed by atoms with Crippen LogP contribution in [0, 0.1) is 5.92 Å². The molecule has 0 saturated heterocycles. The van der Waals surface area contributed by atoms with Crippen molar-refractivity contribution >= 4 is 17.6 Å². The number of rotatable bonds is 3. The van der Waals surface area contributed by atoms with Gasteiger partial charge < -0.3 is 10.2 Å². The Morgan fingerprint density at radius 1 is 1.28 bits per heavy atom. The van der Waals surface area contributed by atoms with E-state index in [0.717, 1.165) is 31.2 Å². The number of alkyl halides is 3. The van der Waals surface area contributed by atoms with Crippen molar-refractivity contribution in [3.05, 3.63) is 34.9 Å².